The lowest BCUT2D eigenvalue weighted by atomic mass is 10.1. The molecule has 0 saturated carbocycles. The Balaban J connectivity index is 1.73. The minimum atomic E-state index is -3.49. The van der Waals surface area contributed by atoms with Gasteiger partial charge in [-0.1, -0.05) is 36.4 Å². The van der Waals surface area contributed by atoms with Crippen molar-refractivity contribution in [3.8, 4) is 11.1 Å². The minimum absolute atomic E-state index is 0.0789. The largest absolute Gasteiger partial charge is 0.337 e. The van der Waals surface area contributed by atoms with Gasteiger partial charge in [-0.25, -0.2) is 22.4 Å². The number of urea groups is 1. The number of hydrazine groups is 1. The van der Waals surface area contributed by atoms with Crippen molar-refractivity contribution in [3.63, 3.8) is 0 Å². The second kappa shape index (κ2) is 8.63. The van der Waals surface area contributed by atoms with E-state index >= 15 is 0 Å². The van der Waals surface area contributed by atoms with E-state index in [0.717, 1.165) is 12.3 Å². The number of benzene rings is 3. The lowest BCUT2D eigenvalue weighted by Crippen LogP contribution is -2.33. The van der Waals surface area contributed by atoms with Gasteiger partial charge < -0.3 is 5.32 Å². The molecule has 0 unspecified atom stereocenters. The highest BCUT2D eigenvalue weighted by molar-refractivity contribution is 7.90. The first kappa shape index (κ1) is 20.8. The summed E-state index contributed by atoms with van der Waals surface area (Å²) in [6.45, 7) is 6.98. The first-order chi connectivity index (χ1) is 14.3. The van der Waals surface area contributed by atoms with Crippen LogP contribution in [0.4, 0.5) is 26.2 Å². The predicted molar refractivity (Wildman–Crippen MR) is 113 cm³/mol. The molecular formula is C21H17FN4O3S. The van der Waals surface area contributed by atoms with E-state index in [1.165, 1.54) is 18.2 Å². The van der Waals surface area contributed by atoms with E-state index in [1.807, 2.05) is 0 Å². The molecule has 0 heterocycles. The Hall–Kier alpha value is -3.90. The number of nitrogens with zero attached hydrogens (tertiary/aromatic N) is 1. The third-order valence-electron chi connectivity index (χ3n) is 4.11. The monoisotopic (exact) mass is 424 g/mol. The van der Waals surface area contributed by atoms with Crippen LogP contribution in [-0.2, 0) is 9.84 Å². The van der Waals surface area contributed by atoms with Crippen molar-refractivity contribution < 1.29 is 17.6 Å². The molecule has 30 heavy (non-hydrogen) atoms. The highest BCUT2D eigenvalue weighted by Crippen LogP contribution is 2.29. The first-order valence-electron chi connectivity index (χ1n) is 8.67. The van der Waals surface area contributed by atoms with Crippen LogP contribution in [0.15, 0.2) is 71.6 Å². The van der Waals surface area contributed by atoms with Crippen LogP contribution in [0.5, 0.6) is 0 Å². The van der Waals surface area contributed by atoms with Crippen LogP contribution < -0.4 is 16.2 Å². The van der Waals surface area contributed by atoms with Gasteiger partial charge in [0.2, 0.25) is 0 Å². The van der Waals surface area contributed by atoms with E-state index in [1.54, 1.807) is 42.5 Å². The molecule has 3 aromatic rings. The standard InChI is InChI=1S/C21H17FN4O3S/c1-23-15-6-5-7-16(13-15)25-26-21(27)24-19-11-10-14(12-18(19)22)17-8-3-4-9-20(17)30(2,28)29/h3-13,25H,2H3,(H2,24,26,27). The molecule has 9 heteroatoms. The third-order valence-corrected chi connectivity index (χ3v) is 5.27. The van der Waals surface area contributed by atoms with E-state index < -0.39 is 21.7 Å². The quantitative estimate of drug-likeness (QED) is 0.412. The number of hydrogen-bond donors (Lipinski definition) is 3. The summed E-state index contributed by atoms with van der Waals surface area (Å²) in [6, 6.07) is 16.1. The van der Waals surface area contributed by atoms with Gasteiger partial charge in [-0.3, -0.25) is 10.9 Å². The fourth-order valence-corrected chi connectivity index (χ4v) is 3.66. The van der Waals surface area contributed by atoms with Crippen LogP contribution in [0, 0.1) is 12.4 Å². The van der Waals surface area contributed by atoms with Gasteiger partial charge in [-0.15, -0.1) is 0 Å². The van der Waals surface area contributed by atoms with Crippen LogP contribution in [-0.4, -0.2) is 20.7 Å². The van der Waals surface area contributed by atoms with E-state index in [2.05, 4.69) is 21.0 Å². The highest BCUT2D eigenvalue weighted by Gasteiger charge is 2.15. The molecule has 7 nitrogen and oxygen atoms in total. The SMILES string of the molecule is [C-]#[N+]c1cccc(NNC(=O)Nc2ccc(-c3ccccc3S(C)(=O)=O)cc2F)c1. The van der Waals surface area contributed by atoms with E-state index in [0.29, 0.717) is 22.5 Å². The highest BCUT2D eigenvalue weighted by atomic mass is 32.2. The average Bonchev–Trinajstić information content (AvgIpc) is 2.73. The Morgan fingerprint density at radius 2 is 1.80 bits per heavy atom. The summed E-state index contributed by atoms with van der Waals surface area (Å²) in [4.78, 5) is 15.4. The lowest BCUT2D eigenvalue weighted by Gasteiger charge is -2.12. The van der Waals surface area contributed by atoms with Gasteiger partial charge in [0.1, 0.15) is 5.82 Å². The fourth-order valence-electron chi connectivity index (χ4n) is 2.75. The summed E-state index contributed by atoms with van der Waals surface area (Å²) in [5.74, 6) is -0.721. The second-order valence-electron chi connectivity index (χ2n) is 6.33. The summed E-state index contributed by atoms with van der Waals surface area (Å²) in [7, 11) is -3.49. The van der Waals surface area contributed by atoms with E-state index in [9.17, 15) is 17.6 Å². The van der Waals surface area contributed by atoms with Gasteiger partial charge in [0.05, 0.1) is 17.2 Å². The van der Waals surface area contributed by atoms with Gasteiger partial charge >= 0.3 is 6.03 Å². The number of carbonyl (C=O) groups excluding carboxylic acids is 1. The van der Waals surface area contributed by atoms with E-state index in [-0.39, 0.29) is 10.6 Å². The number of carbonyl (C=O) groups is 1. The molecule has 0 aliphatic rings. The van der Waals surface area contributed by atoms with Crippen molar-refractivity contribution in [2.45, 2.75) is 4.90 Å². The van der Waals surface area contributed by atoms with Crippen LogP contribution in [0.25, 0.3) is 16.0 Å². The topological polar surface area (TPSA) is 91.7 Å². The Morgan fingerprint density at radius 3 is 2.50 bits per heavy atom. The number of halogens is 1. The Labute approximate surface area is 173 Å². The van der Waals surface area contributed by atoms with Crippen LogP contribution in [0.2, 0.25) is 0 Å². The Morgan fingerprint density at radius 1 is 1.03 bits per heavy atom. The maximum absolute atomic E-state index is 14.5. The van der Waals surface area contributed by atoms with Crippen LogP contribution >= 0.6 is 0 Å². The van der Waals surface area contributed by atoms with Crippen molar-refractivity contribution in [2.75, 3.05) is 17.0 Å². The molecule has 0 aromatic heterocycles. The molecule has 3 aromatic carbocycles. The minimum Gasteiger partial charge on any atom is -0.304 e. The number of anilines is 2. The average molecular weight is 424 g/mol. The summed E-state index contributed by atoms with van der Waals surface area (Å²) in [5.41, 5.74) is 6.53. The molecule has 0 aliphatic heterocycles. The molecule has 0 spiro atoms. The maximum Gasteiger partial charge on any atom is 0.337 e. The molecule has 0 radical (unpaired) electrons. The van der Waals surface area contributed by atoms with Gasteiger partial charge in [0.25, 0.3) is 0 Å². The third kappa shape index (κ3) is 4.92. The smallest absolute Gasteiger partial charge is 0.304 e. The first-order valence-corrected chi connectivity index (χ1v) is 10.6. The summed E-state index contributed by atoms with van der Waals surface area (Å²) < 4.78 is 38.5. The molecule has 3 N–H and O–H groups in total. The molecule has 0 fully saturated rings. The molecule has 3 rings (SSSR count). The predicted octanol–water partition coefficient (Wildman–Crippen LogP) is 4.60. The number of sulfone groups is 1. The fraction of sp³-hybridized carbons (Fsp3) is 0.0476. The van der Waals surface area contributed by atoms with Gasteiger partial charge in [-0.05, 0) is 35.9 Å². The van der Waals surface area contributed by atoms with Gasteiger partial charge in [0.15, 0.2) is 15.5 Å². The number of rotatable bonds is 5. The molecule has 0 saturated heterocycles. The van der Waals surface area contributed by atoms with Crippen molar-refractivity contribution in [3.05, 3.63) is 84.0 Å². The zero-order valence-corrected chi connectivity index (χ0v) is 16.6. The normalized spacial score (nSPS) is 10.7. The van der Waals surface area contributed by atoms with Crippen molar-refractivity contribution >= 4 is 32.9 Å². The molecular weight excluding hydrogens is 407 g/mol. The molecule has 0 atom stereocenters. The van der Waals surface area contributed by atoms with E-state index in [4.69, 9.17) is 6.57 Å². The Kier molecular flexibility index (Phi) is 5.99. The number of nitrogens with one attached hydrogen (secondary N) is 3. The maximum atomic E-state index is 14.5. The van der Waals surface area contributed by atoms with Crippen molar-refractivity contribution in [2.24, 2.45) is 0 Å². The summed E-state index contributed by atoms with van der Waals surface area (Å²) in [6.07, 6.45) is 1.09. The number of amides is 2. The summed E-state index contributed by atoms with van der Waals surface area (Å²) in [5, 5.41) is 2.37. The van der Waals surface area contributed by atoms with Gasteiger partial charge in [-0.2, -0.15) is 0 Å². The second-order valence-corrected chi connectivity index (χ2v) is 8.31. The molecule has 152 valence electrons. The summed E-state index contributed by atoms with van der Waals surface area (Å²) >= 11 is 0. The van der Waals surface area contributed by atoms with Gasteiger partial charge in [0, 0.05) is 17.5 Å². The zero-order valence-electron chi connectivity index (χ0n) is 15.8. The zero-order chi connectivity index (χ0) is 21.7. The molecule has 2 amide bonds. The van der Waals surface area contributed by atoms with Crippen LogP contribution in [0.3, 0.4) is 0 Å². The molecule has 0 aliphatic carbocycles. The lowest BCUT2D eigenvalue weighted by molar-refractivity contribution is 0.253. The van der Waals surface area contributed by atoms with Crippen molar-refractivity contribution in [1.82, 2.24) is 5.43 Å². The van der Waals surface area contributed by atoms with Crippen molar-refractivity contribution in [1.29, 1.82) is 0 Å². The number of hydrogen-bond acceptors (Lipinski definition) is 4. The van der Waals surface area contributed by atoms with Crippen LogP contribution in [0.1, 0.15) is 0 Å². The Bertz CT molecular complexity index is 1250. The molecule has 0 bridgehead atoms.